The van der Waals surface area contributed by atoms with Crippen molar-refractivity contribution in [2.45, 2.75) is 31.8 Å². The third kappa shape index (κ3) is 3.68. The van der Waals surface area contributed by atoms with Crippen LogP contribution >= 0.6 is 0 Å². The highest BCUT2D eigenvalue weighted by atomic mass is 15.2. The molecule has 4 heterocycles. The van der Waals surface area contributed by atoms with Crippen LogP contribution in [0.2, 0.25) is 0 Å². The van der Waals surface area contributed by atoms with E-state index in [1.165, 1.54) is 17.7 Å². The van der Waals surface area contributed by atoms with Gasteiger partial charge in [-0.15, -0.1) is 0 Å². The largest absolute Gasteiger partial charge is 0.363 e. The van der Waals surface area contributed by atoms with Crippen molar-refractivity contribution in [3.05, 3.63) is 78.0 Å². The van der Waals surface area contributed by atoms with E-state index >= 15 is 0 Å². The molecule has 0 saturated carbocycles. The molecule has 0 bridgehead atoms. The van der Waals surface area contributed by atoms with Gasteiger partial charge in [0, 0.05) is 44.8 Å². The molecular weight excluding hydrogens is 384 g/mol. The summed E-state index contributed by atoms with van der Waals surface area (Å²) in [4.78, 5) is 18.8. The van der Waals surface area contributed by atoms with Crippen LogP contribution in [-0.2, 0) is 13.0 Å². The lowest BCUT2D eigenvalue weighted by Crippen LogP contribution is -2.28. The van der Waals surface area contributed by atoms with E-state index < -0.39 is 0 Å². The smallest absolute Gasteiger partial charge is 0.137 e. The van der Waals surface area contributed by atoms with Crippen LogP contribution in [0, 0.1) is 0 Å². The molecule has 0 N–H and O–H groups in total. The quantitative estimate of drug-likeness (QED) is 0.487. The zero-order chi connectivity index (χ0) is 21.4. The first-order valence-corrected chi connectivity index (χ1v) is 10.9. The Hall–Kier alpha value is -3.25. The van der Waals surface area contributed by atoms with Crippen molar-refractivity contribution in [2.24, 2.45) is 0 Å². The van der Waals surface area contributed by atoms with E-state index in [1.807, 2.05) is 43.5 Å². The standard InChI is InChI=1S/C25H28N6/c1-29(2)22-13-12-19(16-27-22)25-20(28-23-11-4-5-15-31(23)25)17-30(3)21-10-6-8-18-9-7-14-26-24(18)21/h4-5,7,9,11-16,21H,6,8,10,17H2,1-3H3/t21-/m0/s1. The molecule has 0 aliphatic heterocycles. The fourth-order valence-electron chi connectivity index (χ4n) is 4.61. The lowest BCUT2D eigenvalue weighted by molar-refractivity contribution is 0.207. The van der Waals surface area contributed by atoms with Crippen LogP contribution < -0.4 is 4.90 Å². The Labute approximate surface area is 183 Å². The Morgan fingerprint density at radius 2 is 1.94 bits per heavy atom. The Balaban J connectivity index is 1.53. The molecule has 0 spiro atoms. The fraction of sp³-hybridized carbons (Fsp3) is 0.320. The van der Waals surface area contributed by atoms with Gasteiger partial charge in [-0.25, -0.2) is 9.97 Å². The van der Waals surface area contributed by atoms with Gasteiger partial charge in [0.15, 0.2) is 0 Å². The van der Waals surface area contributed by atoms with E-state index in [9.17, 15) is 0 Å². The Morgan fingerprint density at radius 1 is 1.03 bits per heavy atom. The van der Waals surface area contributed by atoms with Crippen LogP contribution in [0.1, 0.15) is 35.8 Å². The Kier molecular flexibility index (Phi) is 5.16. The van der Waals surface area contributed by atoms with E-state index in [4.69, 9.17) is 9.97 Å². The highest BCUT2D eigenvalue weighted by molar-refractivity contribution is 5.67. The number of hydrogen-bond donors (Lipinski definition) is 0. The van der Waals surface area contributed by atoms with Crippen LogP contribution in [0.3, 0.4) is 0 Å². The third-order valence-electron chi connectivity index (χ3n) is 6.18. The summed E-state index contributed by atoms with van der Waals surface area (Å²) < 4.78 is 2.17. The maximum absolute atomic E-state index is 5.00. The van der Waals surface area contributed by atoms with Crippen LogP contribution in [-0.4, -0.2) is 45.4 Å². The number of aromatic nitrogens is 4. The third-order valence-corrected chi connectivity index (χ3v) is 6.18. The second kappa shape index (κ2) is 8.12. The molecular formula is C25H28N6. The van der Waals surface area contributed by atoms with Crippen molar-refractivity contribution < 1.29 is 0 Å². The normalized spacial score (nSPS) is 15.9. The first-order chi connectivity index (χ1) is 15.1. The summed E-state index contributed by atoms with van der Waals surface area (Å²) in [5.41, 5.74) is 6.81. The lowest BCUT2D eigenvalue weighted by atomic mass is 9.91. The first-order valence-electron chi connectivity index (χ1n) is 10.9. The van der Waals surface area contributed by atoms with Gasteiger partial charge in [0.05, 0.1) is 23.1 Å². The lowest BCUT2D eigenvalue weighted by Gasteiger charge is -2.32. The molecule has 1 aliphatic rings. The van der Waals surface area contributed by atoms with E-state index in [-0.39, 0.29) is 0 Å². The summed E-state index contributed by atoms with van der Waals surface area (Å²) in [7, 11) is 6.20. The summed E-state index contributed by atoms with van der Waals surface area (Å²) in [6.07, 6.45) is 9.39. The van der Waals surface area contributed by atoms with Gasteiger partial charge in [-0.3, -0.25) is 14.3 Å². The van der Waals surface area contributed by atoms with Crippen molar-refractivity contribution in [2.75, 3.05) is 26.0 Å². The maximum Gasteiger partial charge on any atom is 0.137 e. The van der Waals surface area contributed by atoms with Gasteiger partial charge >= 0.3 is 0 Å². The van der Waals surface area contributed by atoms with Gasteiger partial charge in [0.2, 0.25) is 0 Å². The molecule has 158 valence electrons. The van der Waals surface area contributed by atoms with Crippen LogP contribution in [0.15, 0.2) is 61.1 Å². The summed E-state index contributed by atoms with van der Waals surface area (Å²) in [6, 6.07) is 14.9. The average molecular weight is 413 g/mol. The number of rotatable bonds is 5. The average Bonchev–Trinajstić information content (AvgIpc) is 3.16. The second-order valence-electron chi connectivity index (χ2n) is 8.51. The summed E-state index contributed by atoms with van der Waals surface area (Å²) in [5.74, 6) is 0.945. The first kappa shape index (κ1) is 19.7. The highest BCUT2D eigenvalue weighted by Crippen LogP contribution is 2.34. The predicted octanol–water partition coefficient (Wildman–Crippen LogP) is 4.37. The van der Waals surface area contributed by atoms with E-state index in [1.54, 1.807) is 0 Å². The zero-order valence-corrected chi connectivity index (χ0v) is 18.4. The molecule has 0 aromatic carbocycles. The minimum atomic E-state index is 0.317. The topological polar surface area (TPSA) is 49.6 Å². The molecule has 0 unspecified atom stereocenters. The van der Waals surface area contributed by atoms with E-state index in [0.29, 0.717) is 6.04 Å². The molecule has 5 rings (SSSR count). The number of aryl methyl sites for hydroxylation is 1. The number of imidazole rings is 1. The summed E-state index contributed by atoms with van der Waals surface area (Å²) in [6.45, 7) is 0.757. The minimum absolute atomic E-state index is 0.317. The number of anilines is 1. The maximum atomic E-state index is 5.00. The second-order valence-corrected chi connectivity index (χ2v) is 8.51. The molecule has 0 radical (unpaired) electrons. The van der Waals surface area contributed by atoms with Crippen molar-refractivity contribution in [3.8, 4) is 11.3 Å². The minimum Gasteiger partial charge on any atom is -0.363 e. The van der Waals surface area contributed by atoms with Gasteiger partial charge in [0.1, 0.15) is 11.5 Å². The van der Waals surface area contributed by atoms with Gasteiger partial charge in [-0.05, 0) is 62.2 Å². The van der Waals surface area contributed by atoms with E-state index in [0.717, 1.165) is 47.8 Å². The molecule has 0 fully saturated rings. The van der Waals surface area contributed by atoms with Gasteiger partial charge in [0.25, 0.3) is 0 Å². The molecule has 4 aromatic rings. The Bertz CT molecular complexity index is 1190. The van der Waals surface area contributed by atoms with Gasteiger partial charge < -0.3 is 4.90 Å². The van der Waals surface area contributed by atoms with E-state index in [2.05, 4.69) is 57.9 Å². The molecule has 4 aromatic heterocycles. The monoisotopic (exact) mass is 412 g/mol. The number of nitrogens with zero attached hydrogens (tertiary/aromatic N) is 6. The fourth-order valence-corrected chi connectivity index (χ4v) is 4.61. The SMILES string of the molecule is CN(C)c1ccc(-c2c(CN(C)[C@H]3CCCc4cccnc43)nc3ccccn23)cn1. The molecule has 1 atom stereocenters. The Morgan fingerprint density at radius 3 is 2.74 bits per heavy atom. The summed E-state index contributed by atoms with van der Waals surface area (Å²) >= 11 is 0. The summed E-state index contributed by atoms with van der Waals surface area (Å²) in [5, 5.41) is 0. The van der Waals surface area contributed by atoms with Crippen LogP contribution in [0.4, 0.5) is 5.82 Å². The zero-order valence-electron chi connectivity index (χ0n) is 18.4. The number of fused-ring (bicyclic) bond motifs is 2. The molecule has 6 heteroatoms. The van der Waals surface area contributed by atoms with Crippen LogP contribution in [0.25, 0.3) is 16.9 Å². The highest BCUT2D eigenvalue weighted by Gasteiger charge is 2.26. The molecule has 6 nitrogen and oxygen atoms in total. The number of pyridine rings is 3. The molecule has 1 aliphatic carbocycles. The molecule has 0 saturated heterocycles. The van der Waals surface area contributed by atoms with Crippen LogP contribution in [0.5, 0.6) is 0 Å². The predicted molar refractivity (Wildman–Crippen MR) is 124 cm³/mol. The van der Waals surface area contributed by atoms with Crippen molar-refractivity contribution in [1.29, 1.82) is 0 Å². The van der Waals surface area contributed by atoms with Crippen molar-refractivity contribution >= 4 is 11.5 Å². The number of hydrogen-bond acceptors (Lipinski definition) is 5. The van der Waals surface area contributed by atoms with Crippen molar-refractivity contribution in [1.82, 2.24) is 24.3 Å². The molecule has 0 amide bonds. The van der Waals surface area contributed by atoms with Crippen molar-refractivity contribution in [3.63, 3.8) is 0 Å². The van der Waals surface area contributed by atoms with Gasteiger partial charge in [-0.2, -0.15) is 0 Å². The van der Waals surface area contributed by atoms with Gasteiger partial charge in [-0.1, -0.05) is 12.1 Å². The molecule has 31 heavy (non-hydrogen) atoms.